The van der Waals surface area contributed by atoms with Crippen molar-refractivity contribution >= 4 is 0 Å². The molecule has 4 rings (SSSR count). The molecule has 0 bridgehead atoms. The van der Waals surface area contributed by atoms with E-state index in [0.29, 0.717) is 5.54 Å². The number of hydrogen-bond donors (Lipinski definition) is 0. The number of hydrogen-bond acceptors (Lipinski definition) is 3. The van der Waals surface area contributed by atoms with Gasteiger partial charge in [0.2, 0.25) is 0 Å². The minimum Gasteiger partial charge on any atom is -0.303 e. The van der Waals surface area contributed by atoms with Gasteiger partial charge in [-0.25, -0.2) is 0 Å². The van der Waals surface area contributed by atoms with Crippen LogP contribution in [0.25, 0.3) is 11.5 Å². The summed E-state index contributed by atoms with van der Waals surface area (Å²) in [6.45, 7) is 0. The molecule has 0 radical (unpaired) electrons. The van der Waals surface area contributed by atoms with Crippen molar-refractivity contribution in [1.82, 2.24) is 19.7 Å². The van der Waals surface area contributed by atoms with Crippen LogP contribution in [0.4, 0.5) is 0 Å². The standard InChI is InChI=1S/C12H12N4/c1-2-8-13-9(3-1)11-15-14-10-4-5-12(6-7-12)16(10)11/h1-3,8H,4-7H2. The smallest absolute Gasteiger partial charge is 0.183 e. The molecule has 80 valence electrons. The summed E-state index contributed by atoms with van der Waals surface area (Å²) >= 11 is 0. The van der Waals surface area contributed by atoms with Gasteiger partial charge in [0.1, 0.15) is 11.5 Å². The van der Waals surface area contributed by atoms with Gasteiger partial charge in [0.05, 0.1) is 0 Å². The fourth-order valence-electron chi connectivity index (χ4n) is 2.71. The van der Waals surface area contributed by atoms with E-state index in [-0.39, 0.29) is 0 Å². The average Bonchev–Trinajstić information content (AvgIpc) is 2.84. The molecular formula is C12H12N4. The summed E-state index contributed by atoms with van der Waals surface area (Å²) in [5, 5.41) is 8.58. The average molecular weight is 212 g/mol. The minimum absolute atomic E-state index is 0.353. The largest absolute Gasteiger partial charge is 0.303 e. The Morgan fingerprint density at radius 1 is 1.12 bits per heavy atom. The number of aromatic nitrogens is 4. The zero-order valence-corrected chi connectivity index (χ0v) is 8.93. The lowest BCUT2D eigenvalue weighted by atomic mass is 10.2. The number of nitrogens with zero attached hydrogens (tertiary/aromatic N) is 4. The highest BCUT2D eigenvalue weighted by molar-refractivity contribution is 5.50. The SMILES string of the molecule is c1ccc(-c2nnc3n2C2(CC3)CC2)nc1. The number of pyridine rings is 1. The van der Waals surface area contributed by atoms with E-state index in [9.17, 15) is 0 Å². The second-order valence-electron chi connectivity index (χ2n) is 4.71. The Bertz CT molecular complexity index is 539. The normalized spacial score (nSPS) is 20.0. The van der Waals surface area contributed by atoms with E-state index in [1.807, 2.05) is 24.4 Å². The summed E-state index contributed by atoms with van der Waals surface area (Å²) in [5.41, 5.74) is 1.29. The highest BCUT2D eigenvalue weighted by Gasteiger charge is 2.50. The van der Waals surface area contributed by atoms with E-state index in [1.54, 1.807) is 0 Å². The maximum Gasteiger partial charge on any atom is 0.183 e. The molecule has 1 saturated carbocycles. The van der Waals surface area contributed by atoms with Gasteiger partial charge in [-0.05, 0) is 31.4 Å². The van der Waals surface area contributed by atoms with Crippen molar-refractivity contribution in [3.63, 3.8) is 0 Å². The molecule has 1 fully saturated rings. The Hall–Kier alpha value is -1.71. The molecule has 0 amide bonds. The molecule has 2 aliphatic rings. The van der Waals surface area contributed by atoms with E-state index in [1.165, 1.54) is 19.3 Å². The molecule has 1 spiro atoms. The molecular weight excluding hydrogens is 200 g/mol. The maximum atomic E-state index is 4.37. The monoisotopic (exact) mass is 212 g/mol. The molecule has 0 unspecified atom stereocenters. The maximum absolute atomic E-state index is 4.37. The van der Waals surface area contributed by atoms with Gasteiger partial charge >= 0.3 is 0 Å². The first-order valence-corrected chi connectivity index (χ1v) is 5.75. The van der Waals surface area contributed by atoms with Crippen LogP contribution in [0.1, 0.15) is 25.1 Å². The van der Waals surface area contributed by atoms with Crippen LogP contribution in [0.15, 0.2) is 24.4 Å². The topological polar surface area (TPSA) is 43.6 Å². The fraction of sp³-hybridized carbons (Fsp3) is 0.417. The molecule has 0 saturated heterocycles. The summed E-state index contributed by atoms with van der Waals surface area (Å²) in [6.07, 6.45) is 6.67. The molecule has 1 aliphatic carbocycles. The summed E-state index contributed by atoms with van der Waals surface area (Å²) in [7, 11) is 0. The Kier molecular flexibility index (Phi) is 1.42. The zero-order chi connectivity index (χ0) is 10.6. The summed E-state index contributed by atoms with van der Waals surface area (Å²) in [4.78, 5) is 4.37. The third-order valence-corrected chi connectivity index (χ3v) is 3.74. The molecule has 1 aliphatic heterocycles. The van der Waals surface area contributed by atoms with Crippen molar-refractivity contribution in [3.8, 4) is 11.5 Å². The van der Waals surface area contributed by atoms with Crippen LogP contribution in [-0.4, -0.2) is 19.7 Å². The van der Waals surface area contributed by atoms with Gasteiger partial charge in [0, 0.05) is 18.2 Å². The van der Waals surface area contributed by atoms with Gasteiger partial charge in [0.25, 0.3) is 0 Å². The lowest BCUT2D eigenvalue weighted by Crippen LogP contribution is -2.13. The third kappa shape index (κ3) is 0.965. The van der Waals surface area contributed by atoms with E-state index >= 15 is 0 Å². The second kappa shape index (κ2) is 2.70. The van der Waals surface area contributed by atoms with Gasteiger partial charge in [-0.15, -0.1) is 10.2 Å². The zero-order valence-electron chi connectivity index (χ0n) is 8.93. The van der Waals surface area contributed by atoms with Gasteiger partial charge in [-0.1, -0.05) is 6.07 Å². The molecule has 0 N–H and O–H groups in total. The van der Waals surface area contributed by atoms with Crippen molar-refractivity contribution < 1.29 is 0 Å². The molecule has 3 heterocycles. The van der Waals surface area contributed by atoms with E-state index in [4.69, 9.17) is 0 Å². The van der Waals surface area contributed by atoms with E-state index < -0.39 is 0 Å². The lowest BCUT2D eigenvalue weighted by molar-refractivity contribution is 0.512. The quantitative estimate of drug-likeness (QED) is 0.723. The molecule has 0 aromatic carbocycles. The molecule has 16 heavy (non-hydrogen) atoms. The predicted molar refractivity (Wildman–Crippen MR) is 58.8 cm³/mol. The first-order valence-electron chi connectivity index (χ1n) is 5.75. The predicted octanol–water partition coefficient (Wildman–Crippen LogP) is 1.78. The Labute approximate surface area is 93.3 Å². The fourth-order valence-corrected chi connectivity index (χ4v) is 2.71. The highest BCUT2D eigenvalue weighted by Crippen LogP contribution is 2.52. The van der Waals surface area contributed by atoms with Crippen LogP contribution in [0.5, 0.6) is 0 Å². The Balaban J connectivity index is 1.92. The molecule has 2 aromatic rings. The first-order chi connectivity index (χ1) is 7.89. The van der Waals surface area contributed by atoms with Gasteiger partial charge in [-0.3, -0.25) is 4.98 Å². The molecule has 0 atom stereocenters. The van der Waals surface area contributed by atoms with Gasteiger partial charge < -0.3 is 4.57 Å². The van der Waals surface area contributed by atoms with Crippen LogP contribution in [0, 0.1) is 0 Å². The number of aryl methyl sites for hydroxylation is 1. The highest BCUT2D eigenvalue weighted by atomic mass is 15.3. The van der Waals surface area contributed by atoms with E-state index in [0.717, 1.165) is 23.8 Å². The van der Waals surface area contributed by atoms with Crippen molar-refractivity contribution in [1.29, 1.82) is 0 Å². The Morgan fingerprint density at radius 2 is 2.06 bits per heavy atom. The van der Waals surface area contributed by atoms with Gasteiger partial charge in [0.15, 0.2) is 5.82 Å². The number of rotatable bonds is 1. The van der Waals surface area contributed by atoms with Crippen molar-refractivity contribution in [2.75, 3.05) is 0 Å². The summed E-state index contributed by atoms with van der Waals surface area (Å²) in [6, 6.07) is 5.93. The Morgan fingerprint density at radius 3 is 2.81 bits per heavy atom. The van der Waals surface area contributed by atoms with Crippen LogP contribution < -0.4 is 0 Å². The van der Waals surface area contributed by atoms with Crippen molar-refractivity contribution in [2.24, 2.45) is 0 Å². The van der Waals surface area contributed by atoms with Crippen LogP contribution in [-0.2, 0) is 12.0 Å². The minimum atomic E-state index is 0.353. The van der Waals surface area contributed by atoms with Crippen molar-refractivity contribution in [2.45, 2.75) is 31.2 Å². The molecule has 4 heteroatoms. The summed E-state index contributed by atoms with van der Waals surface area (Å²) in [5.74, 6) is 2.09. The summed E-state index contributed by atoms with van der Waals surface area (Å²) < 4.78 is 2.33. The van der Waals surface area contributed by atoms with Crippen LogP contribution >= 0.6 is 0 Å². The van der Waals surface area contributed by atoms with Crippen molar-refractivity contribution in [3.05, 3.63) is 30.2 Å². The first kappa shape index (κ1) is 8.44. The van der Waals surface area contributed by atoms with Crippen LogP contribution in [0.3, 0.4) is 0 Å². The molecule has 4 nitrogen and oxygen atoms in total. The molecule has 2 aromatic heterocycles. The second-order valence-corrected chi connectivity index (χ2v) is 4.71. The van der Waals surface area contributed by atoms with Gasteiger partial charge in [-0.2, -0.15) is 0 Å². The number of fused-ring (bicyclic) bond motifs is 2. The van der Waals surface area contributed by atoms with E-state index in [2.05, 4.69) is 19.7 Å². The lowest BCUT2D eigenvalue weighted by Gasteiger charge is -2.12. The van der Waals surface area contributed by atoms with Crippen LogP contribution in [0.2, 0.25) is 0 Å². The third-order valence-electron chi connectivity index (χ3n) is 3.74.